The summed E-state index contributed by atoms with van der Waals surface area (Å²) in [4.78, 5) is 2.18. The van der Waals surface area contributed by atoms with Crippen LogP contribution in [-0.2, 0) is 10.9 Å². The van der Waals surface area contributed by atoms with Crippen LogP contribution in [0, 0.1) is 0 Å². The maximum Gasteiger partial charge on any atom is 0.586 e. The highest BCUT2D eigenvalue weighted by molar-refractivity contribution is 8.04. The lowest BCUT2D eigenvalue weighted by atomic mass is 10.3. The Morgan fingerprint density at radius 2 is 1.22 bits per heavy atom. The maximum atomic E-state index is 13.3. The molecular weight excluding hydrogens is 277 g/mol. The summed E-state index contributed by atoms with van der Waals surface area (Å²) in [7, 11) is -1.83. The smallest absolute Gasteiger partial charge is 0.122 e. The Hall–Kier alpha value is -1.07. The Balaban J connectivity index is 2.24. The van der Waals surface area contributed by atoms with Crippen molar-refractivity contribution in [2.45, 2.75) is 25.1 Å². The molecule has 0 amide bonds. The molecule has 1 heterocycles. The fourth-order valence-electron chi connectivity index (χ4n) is 1.89. The number of halogens is 3. The van der Waals surface area contributed by atoms with Gasteiger partial charge >= 0.3 is 5.51 Å². The lowest BCUT2D eigenvalue weighted by molar-refractivity contribution is -0.0373. The van der Waals surface area contributed by atoms with Crippen molar-refractivity contribution in [3.8, 4) is 0 Å². The van der Waals surface area contributed by atoms with Gasteiger partial charge in [-0.25, -0.2) is 0 Å². The molecule has 2 aromatic rings. The van der Waals surface area contributed by atoms with Crippen molar-refractivity contribution in [3.05, 3.63) is 48.5 Å². The molecule has 0 radical (unpaired) electrons. The molecule has 0 N–H and O–H groups in total. The van der Waals surface area contributed by atoms with E-state index in [0.717, 1.165) is 0 Å². The van der Waals surface area contributed by atoms with Gasteiger partial charge in [-0.15, -0.1) is 13.2 Å². The van der Waals surface area contributed by atoms with E-state index in [2.05, 4.69) is 0 Å². The van der Waals surface area contributed by atoms with Crippen LogP contribution in [0.4, 0.5) is 13.2 Å². The van der Waals surface area contributed by atoms with E-state index in [9.17, 15) is 13.2 Å². The minimum absolute atomic E-state index is 0.383. The van der Waals surface area contributed by atoms with E-state index in [-0.39, 0.29) is 0 Å². The molecule has 0 saturated heterocycles. The Kier molecular flexibility index (Phi) is 2.83. The number of fused-ring (bicyclic) bond motifs is 2. The average Bonchev–Trinajstić information content (AvgIpc) is 2.34. The molecule has 0 atom stereocenters. The van der Waals surface area contributed by atoms with E-state index in [1.54, 1.807) is 48.5 Å². The highest BCUT2D eigenvalue weighted by Gasteiger charge is 2.57. The van der Waals surface area contributed by atoms with Crippen LogP contribution in [0.25, 0.3) is 0 Å². The quantitative estimate of drug-likeness (QED) is 0.632. The van der Waals surface area contributed by atoms with Gasteiger partial charge < -0.3 is 0 Å². The predicted molar refractivity (Wildman–Crippen MR) is 67.0 cm³/mol. The predicted octanol–water partition coefficient (Wildman–Crippen LogP) is 4.71. The molecular formula is C13H8F3S2+. The first-order valence-electron chi connectivity index (χ1n) is 5.24. The molecule has 0 aliphatic carbocycles. The van der Waals surface area contributed by atoms with Crippen LogP contribution in [0.2, 0.25) is 0 Å². The van der Waals surface area contributed by atoms with Crippen LogP contribution in [0.15, 0.2) is 68.1 Å². The van der Waals surface area contributed by atoms with Gasteiger partial charge in [0.2, 0.25) is 0 Å². The molecule has 0 bridgehead atoms. The molecule has 5 heteroatoms. The minimum atomic E-state index is -4.23. The summed E-state index contributed by atoms with van der Waals surface area (Å²) in [5.41, 5.74) is -4.23. The first-order chi connectivity index (χ1) is 8.57. The van der Waals surface area contributed by atoms with Gasteiger partial charge in [0.1, 0.15) is 0 Å². The number of rotatable bonds is 0. The fraction of sp³-hybridized carbons (Fsp3) is 0.0769. The molecule has 0 aromatic heterocycles. The van der Waals surface area contributed by atoms with Gasteiger partial charge in [-0.2, -0.15) is 0 Å². The number of benzene rings is 2. The summed E-state index contributed by atoms with van der Waals surface area (Å²) in [6, 6.07) is 13.5. The highest BCUT2D eigenvalue weighted by atomic mass is 32.2. The zero-order valence-corrected chi connectivity index (χ0v) is 10.7. The highest BCUT2D eigenvalue weighted by Crippen LogP contribution is 2.50. The number of hydrogen-bond donors (Lipinski definition) is 0. The largest absolute Gasteiger partial charge is 0.586 e. The van der Waals surface area contributed by atoms with Gasteiger partial charge in [0.25, 0.3) is 0 Å². The third-order valence-corrected chi connectivity index (χ3v) is 6.05. The van der Waals surface area contributed by atoms with Gasteiger partial charge in [-0.1, -0.05) is 36.0 Å². The molecule has 92 valence electrons. The summed E-state index contributed by atoms with van der Waals surface area (Å²) in [5, 5.41) is 0. The summed E-state index contributed by atoms with van der Waals surface area (Å²) in [6.07, 6.45) is 0. The first kappa shape index (κ1) is 12.0. The monoisotopic (exact) mass is 285 g/mol. The summed E-state index contributed by atoms with van der Waals surface area (Å²) in [5.74, 6) is 0. The Morgan fingerprint density at radius 1 is 0.778 bits per heavy atom. The average molecular weight is 285 g/mol. The number of hydrogen-bond acceptors (Lipinski definition) is 1. The summed E-state index contributed by atoms with van der Waals surface area (Å²) >= 11 is 1.41. The molecule has 1 aliphatic rings. The van der Waals surface area contributed by atoms with E-state index in [1.807, 2.05) is 0 Å². The van der Waals surface area contributed by atoms with Crippen LogP contribution in [0.3, 0.4) is 0 Å². The third kappa shape index (κ3) is 1.91. The Morgan fingerprint density at radius 3 is 1.67 bits per heavy atom. The fourth-order valence-corrected chi connectivity index (χ4v) is 5.21. The summed E-state index contributed by atoms with van der Waals surface area (Å²) < 4.78 is 39.9. The van der Waals surface area contributed by atoms with Crippen molar-refractivity contribution in [1.29, 1.82) is 0 Å². The van der Waals surface area contributed by atoms with Crippen LogP contribution in [-0.4, -0.2) is 5.51 Å². The van der Waals surface area contributed by atoms with Gasteiger partial charge in [0, 0.05) is 0 Å². The van der Waals surface area contributed by atoms with E-state index in [0.29, 0.717) is 19.6 Å². The molecule has 0 nitrogen and oxygen atoms in total. The van der Waals surface area contributed by atoms with Gasteiger partial charge in [0.05, 0.1) is 9.79 Å². The van der Waals surface area contributed by atoms with E-state index >= 15 is 0 Å². The second-order valence-electron chi connectivity index (χ2n) is 3.75. The van der Waals surface area contributed by atoms with E-state index in [1.165, 1.54) is 11.8 Å². The third-order valence-electron chi connectivity index (χ3n) is 2.59. The zero-order valence-electron chi connectivity index (χ0n) is 9.07. The maximum absolute atomic E-state index is 13.3. The minimum Gasteiger partial charge on any atom is -0.122 e. The van der Waals surface area contributed by atoms with Crippen LogP contribution in [0.1, 0.15) is 0 Å². The zero-order chi connectivity index (χ0) is 12.8. The molecule has 3 rings (SSSR count). The molecule has 0 fully saturated rings. The van der Waals surface area contributed by atoms with Crippen molar-refractivity contribution in [3.63, 3.8) is 0 Å². The van der Waals surface area contributed by atoms with Gasteiger partial charge in [-0.3, -0.25) is 0 Å². The SMILES string of the molecule is FC(F)(F)[S+]1c2ccccc2Sc2ccccc21. The van der Waals surface area contributed by atoms with Crippen LogP contribution < -0.4 is 0 Å². The first-order valence-corrected chi connectivity index (χ1v) is 7.28. The van der Waals surface area contributed by atoms with Gasteiger partial charge in [0.15, 0.2) is 20.7 Å². The van der Waals surface area contributed by atoms with E-state index in [4.69, 9.17) is 0 Å². The van der Waals surface area contributed by atoms with Crippen molar-refractivity contribution < 1.29 is 13.2 Å². The molecule has 0 spiro atoms. The Labute approximate surface area is 110 Å². The van der Waals surface area contributed by atoms with Crippen molar-refractivity contribution in [2.24, 2.45) is 0 Å². The lowest BCUT2D eigenvalue weighted by Gasteiger charge is -2.19. The summed E-state index contributed by atoms with van der Waals surface area (Å²) in [6.45, 7) is 0. The van der Waals surface area contributed by atoms with Crippen LogP contribution >= 0.6 is 11.8 Å². The van der Waals surface area contributed by atoms with Crippen molar-refractivity contribution in [1.82, 2.24) is 0 Å². The molecule has 0 unspecified atom stereocenters. The van der Waals surface area contributed by atoms with E-state index < -0.39 is 16.4 Å². The molecule has 18 heavy (non-hydrogen) atoms. The molecule has 0 saturated carbocycles. The molecule has 2 aromatic carbocycles. The van der Waals surface area contributed by atoms with Crippen LogP contribution in [0.5, 0.6) is 0 Å². The van der Waals surface area contributed by atoms with Gasteiger partial charge in [-0.05, 0) is 24.3 Å². The Bertz CT molecular complexity index is 547. The number of alkyl halides is 3. The second kappa shape index (κ2) is 4.24. The normalized spacial score (nSPS) is 15.1. The van der Waals surface area contributed by atoms with Crippen molar-refractivity contribution >= 4 is 22.7 Å². The second-order valence-corrected chi connectivity index (χ2v) is 6.79. The topological polar surface area (TPSA) is 0 Å². The van der Waals surface area contributed by atoms with Crippen molar-refractivity contribution in [2.75, 3.05) is 0 Å². The lowest BCUT2D eigenvalue weighted by Crippen LogP contribution is -2.26. The molecule has 1 aliphatic heterocycles. The standard InChI is InChI=1S/C13H8F3S2/c14-13(15,16)18-11-7-3-1-5-9(11)17-10-6-2-4-8-12(10)18/h1-8H/q+1.